The van der Waals surface area contributed by atoms with Gasteiger partial charge in [0.25, 0.3) is 5.91 Å². The average Bonchev–Trinajstić information content (AvgIpc) is 2.59. The maximum absolute atomic E-state index is 11.6. The Balaban J connectivity index is 2.08. The van der Waals surface area contributed by atoms with Crippen LogP contribution in [-0.2, 0) is 0 Å². The van der Waals surface area contributed by atoms with Gasteiger partial charge in [-0.1, -0.05) is 55.5 Å². The summed E-state index contributed by atoms with van der Waals surface area (Å²) in [4.78, 5) is 23.0. The number of ketones is 1. The van der Waals surface area contributed by atoms with Gasteiger partial charge in [-0.2, -0.15) is 0 Å². The Morgan fingerprint density at radius 2 is 1.32 bits per heavy atom. The fraction of sp³-hybridized carbons (Fsp3) is 0.158. The number of benzene rings is 2. The summed E-state index contributed by atoms with van der Waals surface area (Å²) in [6.07, 6.45) is 4.48. The van der Waals surface area contributed by atoms with Gasteiger partial charge in [0.15, 0.2) is 5.78 Å². The van der Waals surface area contributed by atoms with Crippen LogP contribution in [0.5, 0.6) is 0 Å². The van der Waals surface area contributed by atoms with Crippen LogP contribution in [0.25, 0.3) is 12.2 Å². The van der Waals surface area contributed by atoms with Crippen LogP contribution in [0.15, 0.2) is 48.5 Å². The van der Waals surface area contributed by atoms with E-state index in [1.807, 2.05) is 55.5 Å². The van der Waals surface area contributed by atoms with Crippen molar-refractivity contribution in [2.24, 2.45) is 0 Å². The van der Waals surface area contributed by atoms with Crippen LogP contribution in [0.2, 0.25) is 0 Å². The molecule has 1 N–H and O–H groups in total. The highest BCUT2D eigenvalue weighted by Gasteiger charge is 2.02. The van der Waals surface area contributed by atoms with Gasteiger partial charge in [0, 0.05) is 24.6 Å². The third kappa shape index (κ3) is 3.92. The molecule has 2 rings (SSSR count). The van der Waals surface area contributed by atoms with Gasteiger partial charge in [0.2, 0.25) is 0 Å². The van der Waals surface area contributed by atoms with Crippen LogP contribution in [0.1, 0.15) is 45.2 Å². The van der Waals surface area contributed by atoms with Crippen molar-refractivity contribution in [2.45, 2.75) is 13.3 Å². The summed E-state index contributed by atoms with van der Waals surface area (Å²) in [7, 11) is 1.61. The molecule has 0 spiro atoms. The third-order valence-corrected chi connectivity index (χ3v) is 3.42. The SMILES string of the molecule is CCC(=O)c1ccc(/C=C/c2ccc(C(=O)NC)cc2)cc1. The molecule has 0 bridgehead atoms. The molecule has 2 aromatic carbocycles. The van der Waals surface area contributed by atoms with Crippen LogP contribution in [-0.4, -0.2) is 18.7 Å². The molecule has 0 atom stereocenters. The molecule has 1 amide bonds. The van der Waals surface area contributed by atoms with E-state index in [1.165, 1.54) is 0 Å². The van der Waals surface area contributed by atoms with E-state index in [0.29, 0.717) is 12.0 Å². The second-order valence-corrected chi connectivity index (χ2v) is 4.93. The van der Waals surface area contributed by atoms with Gasteiger partial charge in [-0.25, -0.2) is 0 Å². The molecule has 0 unspecified atom stereocenters. The highest BCUT2D eigenvalue weighted by atomic mass is 16.1. The number of carbonyl (C=O) groups is 2. The second-order valence-electron chi connectivity index (χ2n) is 4.93. The first-order valence-corrected chi connectivity index (χ1v) is 7.27. The van der Waals surface area contributed by atoms with Gasteiger partial charge >= 0.3 is 0 Å². The molecule has 22 heavy (non-hydrogen) atoms. The molecule has 0 saturated heterocycles. The Kier molecular flexibility index (Phi) is 5.26. The van der Waals surface area contributed by atoms with Gasteiger partial charge in [-0.05, 0) is 23.3 Å². The molecule has 2 aromatic rings. The zero-order chi connectivity index (χ0) is 15.9. The zero-order valence-electron chi connectivity index (χ0n) is 12.8. The molecule has 0 aromatic heterocycles. The summed E-state index contributed by atoms with van der Waals surface area (Å²) in [5.74, 6) is 0.0621. The number of nitrogens with one attached hydrogen (secondary N) is 1. The Hall–Kier alpha value is -2.68. The Morgan fingerprint density at radius 3 is 1.73 bits per heavy atom. The van der Waals surface area contributed by atoms with E-state index < -0.39 is 0 Å². The number of hydrogen-bond donors (Lipinski definition) is 1. The van der Waals surface area contributed by atoms with Gasteiger partial charge < -0.3 is 5.32 Å². The van der Waals surface area contributed by atoms with Crippen molar-refractivity contribution < 1.29 is 9.59 Å². The van der Waals surface area contributed by atoms with Crippen molar-refractivity contribution in [1.82, 2.24) is 5.32 Å². The van der Waals surface area contributed by atoms with E-state index in [-0.39, 0.29) is 11.7 Å². The summed E-state index contributed by atoms with van der Waals surface area (Å²) in [5, 5.41) is 2.59. The average molecular weight is 293 g/mol. The first-order chi connectivity index (χ1) is 10.6. The van der Waals surface area contributed by atoms with Crippen molar-refractivity contribution in [1.29, 1.82) is 0 Å². The number of hydrogen-bond acceptors (Lipinski definition) is 2. The van der Waals surface area contributed by atoms with E-state index in [1.54, 1.807) is 19.2 Å². The van der Waals surface area contributed by atoms with Gasteiger partial charge in [0.05, 0.1) is 0 Å². The van der Waals surface area contributed by atoms with E-state index >= 15 is 0 Å². The highest BCUT2D eigenvalue weighted by Crippen LogP contribution is 2.12. The van der Waals surface area contributed by atoms with Crippen molar-refractivity contribution in [3.05, 3.63) is 70.8 Å². The van der Waals surface area contributed by atoms with Gasteiger partial charge in [0.1, 0.15) is 0 Å². The van der Waals surface area contributed by atoms with E-state index in [9.17, 15) is 9.59 Å². The first-order valence-electron chi connectivity index (χ1n) is 7.27. The second kappa shape index (κ2) is 7.36. The Morgan fingerprint density at radius 1 is 0.864 bits per heavy atom. The zero-order valence-corrected chi connectivity index (χ0v) is 12.8. The van der Waals surface area contributed by atoms with Crippen molar-refractivity contribution >= 4 is 23.8 Å². The first kappa shape index (κ1) is 15.7. The van der Waals surface area contributed by atoms with Crippen LogP contribution < -0.4 is 5.32 Å². The number of carbonyl (C=O) groups excluding carboxylic acids is 2. The lowest BCUT2D eigenvalue weighted by atomic mass is 10.1. The van der Waals surface area contributed by atoms with Gasteiger partial charge in [-0.15, -0.1) is 0 Å². The Bertz CT molecular complexity index is 621. The smallest absolute Gasteiger partial charge is 0.251 e. The van der Waals surface area contributed by atoms with E-state index in [2.05, 4.69) is 5.32 Å². The van der Waals surface area contributed by atoms with Crippen LogP contribution in [0.4, 0.5) is 0 Å². The summed E-state index contributed by atoms with van der Waals surface area (Å²) in [6.45, 7) is 1.86. The molecule has 112 valence electrons. The topological polar surface area (TPSA) is 46.2 Å². The molecule has 0 aliphatic carbocycles. The normalized spacial score (nSPS) is 10.6. The lowest BCUT2D eigenvalue weighted by Gasteiger charge is -2.01. The lowest BCUT2D eigenvalue weighted by molar-refractivity contribution is 0.0961. The predicted molar refractivity (Wildman–Crippen MR) is 89.8 cm³/mol. The molecule has 0 radical (unpaired) electrons. The standard InChI is InChI=1S/C19H19NO2/c1-3-18(21)16-10-6-14(7-11-16)4-5-15-8-12-17(13-9-15)19(22)20-2/h4-13H,3H2,1-2H3,(H,20,22)/b5-4+. The molecule has 0 aliphatic rings. The van der Waals surface area contributed by atoms with Crippen molar-refractivity contribution in [2.75, 3.05) is 7.05 Å². The number of amides is 1. The summed E-state index contributed by atoms with van der Waals surface area (Å²) < 4.78 is 0. The summed E-state index contributed by atoms with van der Waals surface area (Å²) >= 11 is 0. The maximum atomic E-state index is 11.6. The third-order valence-electron chi connectivity index (χ3n) is 3.42. The largest absolute Gasteiger partial charge is 0.355 e. The summed E-state index contributed by atoms with van der Waals surface area (Å²) in [6, 6.07) is 14.9. The molecule has 0 heterocycles. The molecule has 0 aliphatic heterocycles. The van der Waals surface area contributed by atoms with Crippen LogP contribution in [0.3, 0.4) is 0 Å². The van der Waals surface area contributed by atoms with Crippen LogP contribution in [0, 0.1) is 0 Å². The number of rotatable bonds is 5. The molecule has 0 fully saturated rings. The highest BCUT2D eigenvalue weighted by molar-refractivity contribution is 5.96. The Labute approximate surface area is 130 Å². The van der Waals surface area contributed by atoms with Crippen LogP contribution >= 0.6 is 0 Å². The van der Waals surface area contributed by atoms with Crippen molar-refractivity contribution in [3.63, 3.8) is 0 Å². The summed E-state index contributed by atoms with van der Waals surface area (Å²) in [5.41, 5.74) is 3.43. The van der Waals surface area contributed by atoms with Crippen molar-refractivity contribution in [3.8, 4) is 0 Å². The minimum Gasteiger partial charge on any atom is -0.355 e. The monoisotopic (exact) mass is 293 g/mol. The fourth-order valence-corrected chi connectivity index (χ4v) is 2.07. The maximum Gasteiger partial charge on any atom is 0.251 e. The minimum atomic E-state index is -0.0910. The molecule has 3 heteroatoms. The fourth-order valence-electron chi connectivity index (χ4n) is 2.07. The minimum absolute atomic E-state index is 0.0910. The number of Topliss-reactive ketones (excluding diaryl/α,β-unsaturated/α-hetero) is 1. The van der Waals surface area contributed by atoms with E-state index in [4.69, 9.17) is 0 Å². The predicted octanol–water partition coefficient (Wildman–Crippen LogP) is 3.81. The molecular formula is C19H19NO2. The quantitative estimate of drug-likeness (QED) is 0.673. The lowest BCUT2D eigenvalue weighted by Crippen LogP contribution is -2.17. The van der Waals surface area contributed by atoms with Gasteiger partial charge in [-0.3, -0.25) is 9.59 Å². The molecule has 0 saturated carbocycles. The molecule has 3 nitrogen and oxygen atoms in total. The molecular weight excluding hydrogens is 274 g/mol. The van der Waals surface area contributed by atoms with E-state index in [0.717, 1.165) is 16.7 Å².